The summed E-state index contributed by atoms with van der Waals surface area (Å²) >= 11 is 0. The van der Waals surface area contributed by atoms with Crippen molar-refractivity contribution in [1.29, 1.82) is 0 Å². The van der Waals surface area contributed by atoms with Gasteiger partial charge in [0.05, 0.1) is 0 Å². The van der Waals surface area contributed by atoms with Crippen molar-refractivity contribution in [2.24, 2.45) is 0 Å². The predicted octanol–water partition coefficient (Wildman–Crippen LogP) is 4.39. The minimum Gasteiger partial charge on any atom is -0.0845 e. The highest BCUT2D eigenvalue weighted by atomic mass is 31.1. The van der Waals surface area contributed by atoms with Crippen molar-refractivity contribution in [1.82, 2.24) is 0 Å². The molecule has 1 aromatic carbocycles. The predicted molar refractivity (Wildman–Crippen MR) is 63.5 cm³/mol. The quantitative estimate of drug-likeness (QED) is 0.642. The average Bonchev–Trinajstić information content (AvgIpc) is 2.54. The van der Waals surface area contributed by atoms with Crippen LogP contribution in [0.2, 0.25) is 0 Å². The zero-order valence-corrected chi connectivity index (χ0v) is 9.73. The standard InChI is InChI=1S/C13H14P/c1-10-8-11(2)13(12(3)9-10)14-6-4-5-7-14/h4-6,8-9H,1-3H3. The van der Waals surface area contributed by atoms with E-state index in [1.165, 1.54) is 22.0 Å². The molecule has 1 heterocycles. The molecule has 0 amide bonds. The Morgan fingerprint density at radius 2 is 1.71 bits per heavy atom. The first kappa shape index (κ1) is 9.55. The van der Waals surface area contributed by atoms with Gasteiger partial charge in [0.25, 0.3) is 0 Å². The largest absolute Gasteiger partial charge is 0.0845 e. The van der Waals surface area contributed by atoms with Crippen molar-refractivity contribution in [2.75, 3.05) is 0 Å². The van der Waals surface area contributed by atoms with Crippen molar-refractivity contribution in [3.63, 3.8) is 0 Å². The first-order chi connectivity index (χ1) is 6.68. The molecule has 0 aliphatic heterocycles. The number of benzene rings is 1. The molecule has 0 saturated heterocycles. The van der Waals surface area contributed by atoms with E-state index in [9.17, 15) is 0 Å². The van der Waals surface area contributed by atoms with Crippen LogP contribution in [-0.2, 0) is 0 Å². The van der Waals surface area contributed by atoms with E-state index in [1.54, 1.807) is 0 Å². The molecule has 0 aliphatic rings. The smallest absolute Gasteiger partial charge is 0.00995 e. The van der Waals surface area contributed by atoms with Gasteiger partial charge in [-0.25, -0.2) is 0 Å². The summed E-state index contributed by atoms with van der Waals surface area (Å²) in [5.41, 5.74) is 4.16. The van der Waals surface area contributed by atoms with Crippen LogP contribution in [0.1, 0.15) is 16.7 Å². The van der Waals surface area contributed by atoms with E-state index in [0.29, 0.717) is 0 Å². The second-order valence-corrected chi connectivity index (χ2v) is 5.50. The summed E-state index contributed by atoms with van der Waals surface area (Å²) in [6, 6.07) is 8.66. The van der Waals surface area contributed by atoms with Gasteiger partial charge in [-0.1, -0.05) is 31.3 Å². The van der Waals surface area contributed by atoms with Gasteiger partial charge in [-0.2, -0.15) is 0 Å². The molecule has 14 heavy (non-hydrogen) atoms. The maximum atomic E-state index is 3.40. The lowest BCUT2D eigenvalue weighted by Gasteiger charge is -2.09. The fraction of sp³-hybridized carbons (Fsp3) is 0.231. The number of hydrogen-bond acceptors (Lipinski definition) is 0. The minimum absolute atomic E-state index is 0.280. The lowest BCUT2D eigenvalue weighted by molar-refractivity contribution is 1.35. The van der Waals surface area contributed by atoms with E-state index in [2.05, 4.69) is 50.6 Å². The summed E-state index contributed by atoms with van der Waals surface area (Å²) in [5.74, 6) is 5.67. The fourth-order valence-corrected chi connectivity index (χ4v) is 3.75. The Kier molecular flexibility index (Phi) is 2.48. The molecular weight excluding hydrogens is 187 g/mol. The first-order valence-electron chi connectivity index (χ1n) is 4.82. The van der Waals surface area contributed by atoms with Crippen LogP contribution in [0.5, 0.6) is 0 Å². The van der Waals surface area contributed by atoms with E-state index in [0.717, 1.165) is 0 Å². The van der Waals surface area contributed by atoms with Gasteiger partial charge in [0, 0.05) is 11.1 Å². The molecule has 1 aromatic heterocycles. The van der Waals surface area contributed by atoms with Crippen LogP contribution in [0.25, 0.3) is 5.30 Å². The topological polar surface area (TPSA) is 0 Å². The molecule has 0 fully saturated rings. The monoisotopic (exact) mass is 201 g/mol. The highest BCUT2D eigenvalue weighted by Crippen LogP contribution is 2.42. The van der Waals surface area contributed by atoms with Crippen molar-refractivity contribution in [3.05, 3.63) is 52.6 Å². The molecule has 2 rings (SSSR count). The van der Waals surface area contributed by atoms with Crippen LogP contribution in [0.15, 0.2) is 30.1 Å². The lowest BCUT2D eigenvalue weighted by atomic mass is 10.1. The third kappa shape index (κ3) is 1.63. The Bertz CT molecular complexity index is 415. The molecule has 1 unspecified atom stereocenters. The molecule has 0 aliphatic carbocycles. The van der Waals surface area contributed by atoms with Crippen LogP contribution in [-0.4, -0.2) is 0 Å². The van der Waals surface area contributed by atoms with Gasteiger partial charge in [-0.15, -0.1) is 0 Å². The molecular formula is C13H14P. The fourth-order valence-electron chi connectivity index (χ4n) is 1.99. The van der Waals surface area contributed by atoms with E-state index in [4.69, 9.17) is 0 Å². The molecule has 0 bridgehead atoms. The number of hydrogen-bond donors (Lipinski definition) is 0. The van der Waals surface area contributed by atoms with E-state index >= 15 is 0 Å². The van der Waals surface area contributed by atoms with Gasteiger partial charge >= 0.3 is 0 Å². The maximum absolute atomic E-state index is 3.40. The summed E-state index contributed by atoms with van der Waals surface area (Å²) in [4.78, 5) is 0. The normalized spacial score (nSPS) is 10.5. The zero-order chi connectivity index (χ0) is 10.1. The molecule has 1 radical (unpaired) electrons. The lowest BCUT2D eigenvalue weighted by Crippen LogP contribution is -1.84. The minimum atomic E-state index is -0.280. The van der Waals surface area contributed by atoms with Crippen molar-refractivity contribution < 1.29 is 0 Å². The molecule has 0 nitrogen and oxygen atoms in total. The van der Waals surface area contributed by atoms with E-state index in [-0.39, 0.29) is 7.53 Å². The summed E-state index contributed by atoms with van der Waals surface area (Å²) < 4.78 is 0. The van der Waals surface area contributed by atoms with Crippen molar-refractivity contribution in [2.45, 2.75) is 20.8 Å². The highest BCUT2D eigenvalue weighted by molar-refractivity contribution is 7.55. The molecule has 71 valence electrons. The first-order valence-corrected chi connectivity index (χ1v) is 6.23. The Labute approximate surface area is 86.7 Å². The van der Waals surface area contributed by atoms with Crippen molar-refractivity contribution >= 4 is 7.53 Å². The van der Waals surface area contributed by atoms with Crippen LogP contribution < -0.4 is 0 Å². The molecule has 1 atom stereocenters. The Hall–Kier alpha value is -1.00. The Balaban J connectivity index is 2.64. The van der Waals surface area contributed by atoms with Crippen molar-refractivity contribution in [3.8, 4) is 5.30 Å². The Morgan fingerprint density at radius 3 is 2.21 bits per heavy atom. The highest BCUT2D eigenvalue weighted by Gasteiger charge is 2.05. The van der Waals surface area contributed by atoms with Gasteiger partial charge in [0.15, 0.2) is 0 Å². The summed E-state index contributed by atoms with van der Waals surface area (Å²) in [7, 11) is -0.280. The third-order valence-corrected chi connectivity index (χ3v) is 4.51. The number of rotatable bonds is 1. The molecule has 0 spiro atoms. The van der Waals surface area contributed by atoms with Crippen LogP contribution in [0, 0.1) is 26.6 Å². The van der Waals surface area contributed by atoms with Gasteiger partial charge in [-0.05, 0) is 43.8 Å². The molecule has 0 saturated carbocycles. The molecule has 2 aromatic rings. The summed E-state index contributed by atoms with van der Waals surface area (Å²) in [6.45, 7) is 6.55. The number of aryl methyl sites for hydroxylation is 3. The zero-order valence-electron chi connectivity index (χ0n) is 8.83. The van der Waals surface area contributed by atoms with E-state index < -0.39 is 0 Å². The Morgan fingerprint density at radius 1 is 1.07 bits per heavy atom. The van der Waals surface area contributed by atoms with Gasteiger partial charge in [0.1, 0.15) is 0 Å². The molecule has 1 heteroatoms. The van der Waals surface area contributed by atoms with Gasteiger partial charge in [-0.3, -0.25) is 0 Å². The van der Waals surface area contributed by atoms with Crippen LogP contribution >= 0.6 is 7.53 Å². The summed E-state index contributed by atoms with van der Waals surface area (Å²) in [5, 5.41) is 1.48. The second kappa shape index (κ2) is 3.63. The maximum Gasteiger partial charge on any atom is 0.00995 e. The average molecular weight is 201 g/mol. The summed E-state index contributed by atoms with van der Waals surface area (Å²) in [6.07, 6.45) is 0. The second-order valence-electron chi connectivity index (χ2n) is 3.75. The van der Waals surface area contributed by atoms with E-state index in [1.807, 2.05) is 6.07 Å². The van der Waals surface area contributed by atoms with Gasteiger partial charge < -0.3 is 0 Å². The van der Waals surface area contributed by atoms with Crippen LogP contribution in [0.4, 0.5) is 0 Å². The molecule has 0 N–H and O–H groups in total. The van der Waals surface area contributed by atoms with Crippen LogP contribution in [0.3, 0.4) is 0 Å². The third-order valence-electron chi connectivity index (χ3n) is 2.42. The van der Waals surface area contributed by atoms with Gasteiger partial charge in [0.2, 0.25) is 0 Å². The SMILES string of the molecule is Cc1cc(C)c(-p2[c]ccc2)c(C)c1.